The lowest BCUT2D eigenvalue weighted by molar-refractivity contribution is -0.113. The maximum atomic E-state index is 12.3. The van der Waals surface area contributed by atoms with Gasteiger partial charge in [0.15, 0.2) is 11.2 Å². The summed E-state index contributed by atoms with van der Waals surface area (Å²) in [6.45, 7) is 2.02. The van der Waals surface area contributed by atoms with Crippen molar-refractivity contribution in [3.05, 3.63) is 60.4 Å². The summed E-state index contributed by atoms with van der Waals surface area (Å²) in [6, 6.07) is 15.1. The van der Waals surface area contributed by atoms with Crippen LogP contribution in [0, 0.1) is 6.92 Å². The first-order chi connectivity index (χ1) is 14.1. The van der Waals surface area contributed by atoms with E-state index in [2.05, 4.69) is 25.6 Å². The van der Waals surface area contributed by atoms with Gasteiger partial charge in [-0.3, -0.25) is 4.79 Å². The van der Waals surface area contributed by atoms with Crippen molar-refractivity contribution in [1.82, 2.24) is 25.0 Å². The molecule has 4 rings (SSSR count). The Labute approximate surface area is 171 Å². The number of hydrogen-bond donors (Lipinski definition) is 1. The molecule has 2 aromatic carbocycles. The van der Waals surface area contributed by atoms with Crippen molar-refractivity contribution in [3.8, 4) is 11.4 Å². The van der Waals surface area contributed by atoms with Gasteiger partial charge in [-0.05, 0) is 31.2 Å². The van der Waals surface area contributed by atoms with Crippen molar-refractivity contribution in [2.75, 3.05) is 18.2 Å². The average Bonchev–Trinajstić information content (AvgIpc) is 3.18. The quantitative estimate of drug-likeness (QED) is 0.388. The molecule has 0 aliphatic rings. The number of thioether (sulfide) groups is 1. The Kier molecular flexibility index (Phi) is 5.39. The highest BCUT2D eigenvalue weighted by Gasteiger charge is 2.15. The maximum Gasteiger partial charge on any atom is 0.234 e. The van der Waals surface area contributed by atoms with Crippen molar-refractivity contribution in [3.63, 3.8) is 0 Å². The lowest BCUT2D eigenvalue weighted by Gasteiger charge is -2.07. The molecule has 0 bridgehead atoms. The predicted octanol–water partition coefficient (Wildman–Crippen LogP) is 3.26. The van der Waals surface area contributed by atoms with Gasteiger partial charge in [0.1, 0.15) is 17.1 Å². The zero-order chi connectivity index (χ0) is 20.2. The Bertz CT molecular complexity index is 1160. The highest BCUT2D eigenvalue weighted by molar-refractivity contribution is 8.00. The molecule has 4 aromatic rings. The smallest absolute Gasteiger partial charge is 0.234 e. The molecule has 9 heteroatoms. The Morgan fingerprint density at radius 3 is 2.79 bits per heavy atom. The molecule has 0 aliphatic heterocycles. The van der Waals surface area contributed by atoms with Crippen LogP contribution in [0.3, 0.4) is 0 Å². The highest BCUT2D eigenvalue weighted by atomic mass is 32.2. The van der Waals surface area contributed by atoms with Crippen molar-refractivity contribution < 1.29 is 9.53 Å². The second-order valence-electron chi connectivity index (χ2n) is 6.26. The molecule has 0 saturated carbocycles. The molecule has 1 N–H and O–H groups in total. The van der Waals surface area contributed by atoms with Crippen LogP contribution in [0.15, 0.2) is 59.9 Å². The first-order valence-electron chi connectivity index (χ1n) is 8.84. The third kappa shape index (κ3) is 4.19. The summed E-state index contributed by atoms with van der Waals surface area (Å²) in [4.78, 5) is 20.9. The molecule has 0 radical (unpaired) electrons. The lowest BCUT2D eigenvalue weighted by atomic mass is 10.2. The van der Waals surface area contributed by atoms with Crippen LogP contribution in [0.1, 0.15) is 5.56 Å². The second kappa shape index (κ2) is 8.27. The number of nitrogens with one attached hydrogen (secondary N) is 1. The molecule has 0 unspecified atom stereocenters. The van der Waals surface area contributed by atoms with Gasteiger partial charge >= 0.3 is 0 Å². The van der Waals surface area contributed by atoms with Gasteiger partial charge in [0.2, 0.25) is 5.91 Å². The van der Waals surface area contributed by atoms with Crippen molar-refractivity contribution in [2.24, 2.45) is 0 Å². The zero-order valence-electron chi connectivity index (χ0n) is 15.9. The standard InChI is InChI=1S/C20H18N6O2S/c1-13-6-8-15(9-7-13)26-19-18(24-25-26)20(22-12-21-19)29-11-17(27)23-14-4-3-5-16(10-14)28-2/h3-10,12H,11H2,1-2H3,(H,23,27). The van der Waals surface area contributed by atoms with E-state index in [9.17, 15) is 4.79 Å². The summed E-state index contributed by atoms with van der Waals surface area (Å²) < 4.78 is 6.83. The number of benzene rings is 2. The maximum absolute atomic E-state index is 12.3. The summed E-state index contributed by atoms with van der Waals surface area (Å²) in [5.41, 5.74) is 3.86. The number of fused-ring (bicyclic) bond motifs is 1. The van der Waals surface area contributed by atoms with Gasteiger partial charge in [0.05, 0.1) is 18.6 Å². The fourth-order valence-corrected chi connectivity index (χ4v) is 3.46. The van der Waals surface area contributed by atoms with E-state index in [0.717, 1.165) is 11.3 Å². The number of amides is 1. The molecular weight excluding hydrogens is 388 g/mol. The SMILES string of the molecule is COc1cccc(NC(=O)CSc2ncnc3c2nnn3-c2ccc(C)cc2)c1. The van der Waals surface area contributed by atoms with Gasteiger partial charge in [0.25, 0.3) is 0 Å². The monoisotopic (exact) mass is 406 g/mol. The lowest BCUT2D eigenvalue weighted by Crippen LogP contribution is -2.14. The van der Waals surface area contributed by atoms with Crippen LogP contribution < -0.4 is 10.1 Å². The number of anilines is 1. The molecule has 1 amide bonds. The number of ether oxygens (including phenoxy) is 1. The number of methoxy groups -OCH3 is 1. The van der Waals surface area contributed by atoms with Crippen LogP contribution in [0.5, 0.6) is 5.75 Å². The van der Waals surface area contributed by atoms with Crippen LogP contribution in [0.4, 0.5) is 5.69 Å². The average molecular weight is 406 g/mol. The van der Waals surface area contributed by atoms with Crippen LogP contribution in [0.25, 0.3) is 16.9 Å². The van der Waals surface area contributed by atoms with E-state index in [1.807, 2.05) is 43.3 Å². The van der Waals surface area contributed by atoms with Gasteiger partial charge in [-0.25, -0.2) is 9.97 Å². The molecule has 2 aromatic heterocycles. The van der Waals surface area contributed by atoms with Crippen LogP contribution >= 0.6 is 11.8 Å². The van der Waals surface area contributed by atoms with Gasteiger partial charge in [-0.1, -0.05) is 40.7 Å². The number of carbonyl (C=O) groups is 1. The second-order valence-corrected chi connectivity index (χ2v) is 7.22. The fraction of sp³-hybridized carbons (Fsp3) is 0.150. The Hall–Kier alpha value is -3.46. The van der Waals surface area contributed by atoms with E-state index < -0.39 is 0 Å². The number of hydrogen-bond acceptors (Lipinski definition) is 7. The number of aryl methyl sites for hydroxylation is 1. The molecule has 0 saturated heterocycles. The van der Waals surface area contributed by atoms with E-state index in [1.54, 1.807) is 23.9 Å². The van der Waals surface area contributed by atoms with E-state index in [-0.39, 0.29) is 11.7 Å². The minimum atomic E-state index is -0.152. The summed E-state index contributed by atoms with van der Waals surface area (Å²) in [5.74, 6) is 0.711. The third-order valence-corrected chi connectivity index (χ3v) is 5.15. The topological polar surface area (TPSA) is 94.8 Å². The molecule has 29 heavy (non-hydrogen) atoms. The van der Waals surface area contributed by atoms with Gasteiger partial charge in [-0.2, -0.15) is 4.68 Å². The summed E-state index contributed by atoms with van der Waals surface area (Å²) in [6.07, 6.45) is 1.46. The third-order valence-electron chi connectivity index (χ3n) is 4.18. The summed E-state index contributed by atoms with van der Waals surface area (Å²) in [7, 11) is 1.58. The van der Waals surface area contributed by atoms with Gasteiger partial charge in [0, 0.05) is 11.8 Å². The van der Waals surface area contributed by atoms with E-state index >= 15 is 0 Å². The Morgan fingerprint density at radius 2 is 2.00 bits per heavy atom. The number of rotatable bonds is 6. The van der Waals surface area contributed by atoms with E-state index in [0.29, 0.717) is 27.6 Å². The highest BCUT2D eigenvalue weighted by Crippen LogP contribution is 2.24. The number of aromatic nitrogens is 5. The largest absolute Gasteiger partial charge is 0.497 e. The molecule has 146 valence electrons. The minimum Gasteiger partial charge on any atom is -0.497 e. The van der Waals surface area contributed by atoms with Gasteiger partial charge < -0.3 is 10.1 Å². The van der Waals surface area contributed by atoms with Crippen LogP contribution in [-0.4, -0.2) is 43.7 Å². The van der Waals surface area contributed by atoms with Gasteiger partial charge in [-0.15, -0.1) is 5.10 Å². The van der Waals surface area contributed by atoms with Crippen molar-refractivity contribution in [2.45, 2.75) is 11.9 Å². The van der Waals surface area contributed by atoms with E-state index in [1.165, 1.54) is 18.1 Å². The van der Waals surface area contributed by atoms with E-state index in [4.69, 9.17) is 4.74 Å². The molecular formula is C20H18N6O2S. The van der Waals surface area contributed by atoms with Crippen LogP contribution in [-0.2, 0) is 4.79 Å². The fourth-order valence-electron chi connectivity index (χ4n) is 2.73. The molecule has 2 heterocycles. The normalized spacial score (nSPS) is 10.8. The number of carbonyl (C=O) groups excluding carboxylic acids is 1. The zero-order valence-corrected chi connectivity index (χ0v) is 16.7. The molecule has 0 spiro atoms. The predicted molar refractivity (Wildman–Crippen MR) is 112 cm³/mol. The summed E-state index contributed by atoms with van der Waals surface area (Å²) in [5, 5.41) is 11.9. The molecule has 0 fully saturated rings. The summed E-state index contributed by atoms with van der Waals surface area (Å²) >= 11 is 1.29. The van der Waals surface area contributed by atoms with Crippen LogP contribution in [0.2, 0.25) is 0 Å². The molecule has 8 nitrogen and oxygen atoms in total. The van der Waals surface area contributed by atoms with Crippen molar-refractivity contribution >= 4 is 34.5 Å². The minimum absolute atomic E-state index is 0.152. The molecule has 0 atom stereocenters. The first-order valence-corrected chi connectivity index (χ1v) is 9.83. The molecule has 0 aliphatic carbocycles. The Morgan fingerprint density at radius 1 is 1.17 bits per heavy atom. The number of nitrogens with zero attached hydrogens (tertiary/aromatic N) is 5. The Balaban J connectivity index is 1.49. The first kappa shape index (κ1) is 18.9. The van der Waals surface area contributed by atoms with Crippen molar-refractivity contribution in [1.29, 1.82) is 0 Å².